The van der Waals surface area contributed by atoms with Crippen molar-refractivity contribution in [3.05, 3.63) is 0 Å². The van der Waals surface area contributed by atoms with E-state index < -0.39 is 0 Å². The van der Waals surface area contributed by atoms with Crippen molar-refractivity contribution < 1.29 is 9.53 Å². The lowest BCUT2D eigenvalue weighted by atomic mass is 9.92. The largest absolute Gasteiger partial charge is 0.373 e. The molecule has 3 rings (SSSR count). The van der Waals surface area contributed by atoms with E-state index in [4.69, 9.17) is 4.74 Å². The number of amides is 1. The minimum absolute atomic E-state index is 0.290. The third-order valence-electron chi connectivity index (χ3n) is 5.55. The van der Waals surface area contributed by atoms with Crippen LogP contribution < -0.4 is 10.6 Å². The van der Waals surface area contributed by atoms with Crippen LogP contribution in [0.25, 0.3) is 0 Å². The van der Waals surface area contributed by atoms with E-state index in [2.05, 4.69) is 29.4 Å². The highest BCUT2D eigenvalue weighted by atomic mass is 16.5. The van der Waals surface area contributed by atoms with Gasteiger partial charge in [0.2, 0.25) is 5.91 Å². The Morgan fingerprint density at radius 2 is 1.95 bits per heavy atom. The van der Waals surface area contributed by atoms with Crippen molar-refractivity contribution in [3.8, 4) is 0 Å². The van der Waals surface area contributed by atoms with Crippen LogP contribution in [-0.2, 0) is 9.53 Å². The molecule has 2 saturated heterocycles. The Labute approximate surface area is 134 Å². The second-order valence-electron chi connectivity index (χ2n) is 7.53. The second kappa shape index (κ2) is 6.85. The van der Waals surface area contributed by atoms with Gasteiger partial charge in [-0.15, -0.1) is 0 Å². The molecule has 3 aliphatic rings. The van der Waals surface area contributed by atoms with E-state index in [1.54, 1.807) is 0 Å². The van der Waals surface area contributed by atoms with Crippen LogP contribution in [0.3, 0.4) is 0 Å². The van der Waals surface area contributed by atoms with E-state index in [1.807, 2.05) is 0 Å². The maximum atomic E-state index is 12.3. The van der Waals surface area contributed by atoms with Gasteiger partial charge in [0.1, 0.15) is 0 Å². The lowest BCUT2D eigenvalue weighted by molar-refractivity contribution is -0.123. The summed E-state index contributed by atoms with van der Waals surface area (Å²) < 4.78 is 5.75. The molecule has 3 atom stereocenters. The minimum Gasteiger partial charge on any atom is -0.373 e. The zero-order chi connectivity index (χ0) is 15.6. The fourth-order valence-corrected chi connectivity index (χ4v) is 4.30. The second-order valence-corrected chi connectivity index (χ2v) is 7.53. The first-order chi connectivity index (χ1) is 10.6. The Hall–Kier alpha value is -0.650. The highest BCUT2D eigenvalue weighted by Gasteiger charge is 2.57. The molecule has 1 amide bonds. The zero-order valence-corrected chi connectivity index (χ0v) is 14.1. The predicted molar refractivity (Wildman–Crippen MR) is 86.7 cm³/mol. The molecule has 0 bridgehead atoms. The molecule has 0 aromatic carbocycles. The number of rotatable bonds is 5. The fraction of sp³-hybridized carbons (Fsp3) is 0.941. The Bertz CT molecular complexity index is 385. The van der Waals surface area contributed by atoms with Crippen LogP contribution in [0.2, 0.25) is 0 Å². The summed E-state index contributed by atoms with van der Waals surface area (Å²) in [5, 5.41) is 6.55. The Morgan fingerprint density at radius 3 is 2.64 bits per heavy atom. The van der Waals surface area contributed by atoms with Gasteiger partial charge in [-0.25, -0.2) is 0 Å². The van der Waals surface area contributed by atoms with E-state index in [-0.39, 0.29) is 5.92 Å². The molecule has 3 fully saturated rings. The number of morpholine rings is 1. The van der Waals surface area contributed by atoms with Crippen molar-refractivity contribution in [2.24, 2.45) is 11.3 Å². The van der Waals surface area contributed by atoms with Crippen molar-refractivity contribution in [2.45, 2.75) is 51.7 Å². The zero-order valence-electron chi connectivity index (χ0n) is 14.1. The lowest BCUT2D eigenvalue weighted by Gasteiger charge is -2.35. The first-order valence-electron chi connectivity index (χ1n) is 8.95. The maximum Gasteiger partial charge on any atom is 0.223 e. The van der Waals surface area contributed by atoms with Crippen molar-refractivity contribution in [1.29, 1.82) is 0 Å². The van der Waals surface area contributed by atoms with Crippen molar-refractivity contribution in [3.63, 3.8) is 0 Å². The van der Waals surface area contributed by atoms with Crippen LogP contribution >= 0.6 is 0 Å². The van der Waals surface area contributed by atoms with Gasteiger partial charge in [-0.05, 0) is 58.0 Å². The Morgan fingerprint density at radius 1 is 1.27 bits per heavy atom. The van der Waals surface area contributed by atoms with Gasteiger partial charge in [0, 0.05) is 32.1 Å². The van der Waals surface area contributed by atoms with Gasteiger partial charge >= 0.3 is 0 Å². The maximum absolute atomic E-state index is 12.3. The molecule has 1 spiro atoms. The van der Waals surface area contributed by atoms with Gasteiger partial charge in [0.25, 0.3) is 0 Å². The molecule has 3 unspecified atom stereocenters. The van der Waals surface area contributed by atoms with E-state index >= 15 is 0 Å². The molecule has 126 valence electrons. The molecule has 0 aromatic heterocycles. The van der Waals surface area contributed by atoms with Crippen LogP contribution in [0.5, 0.6) is 0 Å². The van der Waals surface area contributed by atoms with E-state index in [0.717, 1.165) is 52.1 Å². The van der Waals surface area contributed by atoms with E-state index in [1.165, 1.54) is 12.8 Å². The lowest BCUT2D eigenvalue weighted by Crippen LogP contribution is -2.46. The molecule has 2 N–H and O–H groups in total. The van der Waals surface area contributed by atoms with Crippen LogP contribution in [0.4, 0.5) is 0 Å². The summed E-state index contributed by atoms with van der Waals surface area (Å²) in [6.45, 7) is 10.3. The third kappa shape index (κ3) is 3.81. The molecule has 22 heavy (non-hydrogen) atoms. The number of nitrogens with zero attached hydrogens (tertiary/aromatic N) is 1. The number of carbonyl (C=O) groups is 1. The average Bonchev–Trinajstić information content (AvgIpc) is 3.16. The first kappa shape index (κ1) is 16.2. The van der Waals surface area contributed by atoms with Gasteiger partial charge in [-0.2, -0.15) is 0 Å². The SMILES string of the molecule is CC1CN(CCCNC(=O)C2CC23CCNCC3)CC(C)O1. The molecular weight excluding hydrogens is 278 g/mol. The summed E-state index contributed by atoms with van der Waals surface area (Å²) in [5.74, 6) is 0.587. The summed E-state index contributed by atoms with van der Waals surface area (Å²) in [6, 6.07) is 0. The van der Waals surface area contributed by atoms with E-state index in [0.29, 0.717) is 23.5 Å². The van der Waals surface area contributed by atoms with Gasteiger partial charge in [0.05, 0.1) is 12.2 Å². The fourth-order valence-electron chi connectivity index (χ4n) is 4.30. The molecule has 1 aliphatic carbocycles. The molecule has 0 radical (unpaired) electrons. The number of nitrogens with one attached hydrogen (secondary N) is 2. The number of hydrogen-bond donors (Lipinski definition) is 2. The molecule has 5 nitrogen and oxygen atoms in total. The van der Waals surface area contributed by atoms with Gasteiger partial charge in [-0.1, -0.05) is 0 Å². The normalized spacial score (nSPS) is 34.5. The third-order valence-corrected chi connectivity index (χ3v) is 5.55. The Balaban J connectivity index is 1.31. The van der Waals surface area contributed by atoms with Crippen LogP contribution in [0.15, 0.2) is 0 Å². The summed E-state index contributed by atoms with van der Waals surface area (Å²) in [5.41, 5.74) is 0.352. The van der Waals surface area contributed by atoms with Crippen LogP contribution in [0.1, 0.15) is 39.5 Å². The molecule has 1 saturated carbocycles. The number of carbonyl (C=O) groups excluding carboxylic acids is 1. The first-order valence-corrected chi connectivity index (χ1v) is 8.95. The van der Waals surface area contributed by atoms with Crippen molar-refractivity contribution >= 4 is 5.91 Å². The smallest absolute Gasteiger partial charge is 0.223 e. The number of ether oxygens (including phenoxy) is 1. The number of hydrogen-bond acceptors (Lipinski definition) is 4. The standard InChI is InChI=1S/C17H31N3O2/c1-13-11-20(12-14(2)22-13)9-3-6-19-16(21)15-10-17(15)4-7-18-8-5-17/h13-15,18H,3-12H2,1-2H3,(H,19,21). The summed E-state index contributed by atoms with van der Waals surface area (Å²) in [4.78, 5) is 14.7. The molecule has 2 heterocycles. The van der Waals surface area contributed by atoms with E-state index in [9.17, 15) is 4.79 Å². The quantitative estimate of drug-likeness (QED) is 0.744. The summed E-state index contributed by atoms with van der Waals surface area (Å²) in [6.07, 6.45) is 5.14. The van der Waals surface area contributed by atoms with Crippen molar-refractivity contribution in [2.75, 3.05) is 39.3 Å². The number of piperidine rings is 1. The van der Waals surface area contributed by atoms with Crippen LogP contribution in [-0.4, -0.2) is 62.3 Å². The highest BCUT2D eigenvalue weighted by Crippen LogP contribution is 2.58. The van der Waals surface area contributed by atoms with Gasteiger partial charge in [-0.3, -0.25) is 9.69 Å². The monoisotopic (exact) mass is 309 g/mol. The molecule has 2 aliphatic heterocycles. The minimum atomic E-state index is 0.290. The summed E-state index contributed by atoms with van der Waals surface area (Å²) in [7, 11) is 0. The average molecular weight is 309 g/mol. The topological polar surface area (TPSA) is 53.6 Å². The van der Waals surface area contributed by atoms with Crippen molar-refractivity contribution in [1.82, 2.24) is 15.5 Å². The molecule has 5 heteroatoms. The Kier molecular flexibility index (Phi) is 5.05. The summed E-state index contributed by atoms with van der Waals surface area (Å²) >= 11 is 0. The van der Waals surface area contributed by atoms with Gasteiger partial charge < -0.3 is 15.4 Å². The van der Waals surface area contributed by atoms with Gasteiger partial charge in [0.15, 0.2) is 0 Å². The highest BCUT2D eigenvalue weighted by molar-refractivity contribution is 5.82. The predicted octanol–water partition coefficient (Wildman–Crippen LogP) is 0.992. The molecular formula is C17H31N3O2. The van der Waals surface area contributed by atoms with Crippen LogP contribution in [0, 0.1) is 11.3 Å². The molecule has 0 aromatic rings.